The number of hydrogen-bond acceptors (Lipinski definition) is 2. The van der Waals surface area contributed by atoms with E-state index in [-0.39, 0.29) is 0 Å². The highest BCUT2D eigenvalue weighted by Gasteiger charge is 2.18. The average Bonchev–Trinajstić information content (AvgIpc) is 3.46. The first-order chi connectivity index (χ1) is 15.7. The summed E-state index contributed by atoms with van der Waals surface area (Å²) in [7, 11) is 0. The fourth-order valence-electron chi connectivity index (χ4n) is 5.18. The summed E-state index contributed by atoms with van der Waals surface area (Å²) in [4.78, 5) is 4.87. The van der Waals surface area contributed by atoms with E-state index in [1.165, 1.54) is 57.5 Å². The summed E-state index contributed by atoms with van der Waals surface area (Å²) in [6.07, 6.45) is 9.00. The van der Waals surface area contributed by atoms with E-state index in [2.05, 4.69) is 74.5 Å². The van der Waals surface area contributed by atoms with Crippen molar-refractivity contribution in [2.45, 2.75) is 39.5 Å². The van der Waals surface area contributed by atoms with Crippen LogP contribution in [0.4, 0.5) is 0 Å². The second kappa shape index (κ2) is 7.63. The van der Waals surface area contributed by atoms with Gasteiger partial charge in [0.05, 0.1) is 5.69 Å². The molecule has 0 aliphatic heterocycles. The van der Waals surface area contributed by atoms with Gasteiger partial charge in [-0.2, -0.15) is 0 Å². The molecule has 2 heterocycles. The molecule has 0 saturated heterocycles. The summed E-state index contributed by atoms with van der Waals surface area (Å²) in [6, 6.07) is 21.9. The Hall–Kier alpha value is -3.39. The maximum Gasteiger partial charge on any atom is 0.144 e. The van der Waals surface area contributed by atoms with Crippen LogP contribution in [0.5, 0.6) is 0 Å². The Labute approximate surface area is 188 Å². The van der Waals surface area contributed by atoms with E-state index >= 15 is 0 Å². The minimum absolute atomic E-state index is 0.584. The molecule has 158 valence electrons. The normalized spacial score (nSPS) is 14.2. The number of pyridine rings is 1. The van der Waals surface area contributed by atoms with Gasteiger partial charge < -0.3 is 4.42 Å². The Morgan fingerprint density at radius 3 is 2.69 bits per heavy atom. The molecule has 0 saturated carbocycles. The summed E-state index contributed by atoms with van der Waals surface area (Å²) in [5, 5.41) is 4.77. The maximum atomic E-state index is 6.40. The van der Waals surface area contributed by atoms with E-state index < -0.39 is 0 Å². The quantitative estimate of drug-likeness (QED) is 0.293. The molecule has 0 spiro atoms. The van der Waals surface area contributed by atoms with Crippen LogP contribution in [0.15, 0.2) is 77.4 Å². The molecule has 32 heavy (non-hydrogen) atoms. The molecule has 0 unspecified atom stereocenters. The third-order valence-electron chi connectivity index (χ3n) is 6.61. The summed E-state index contributed by atoms with van der Waals surface area (Å²) < 4.78 is 6.40. The van der Waals surface area contributed by atoms with Crippen LogP contribution >= 0.6 is 0 Å². The Balaban J connectivity index is 1.61. The van der Waals surface area contributed by atoms with Crippen LogP contribution in [0.2, 0.25) is 0 Å². The van der Waals surface area contributed by atoms with E-state index in [9.17, 15) is 0 Å². The van der Waals surface area contributed by atoms with Crippen molar-refractivity contribution in [3.8, 4) is 11.3 Å². The number of hydrogen-bond donors (Lipinski definition) is 0. The van der Waals surface area contributed by atoms with Crippen LogP contribution in [-0.2, 0) is 6.42 Å². The zero-order chi connectivity index (χ0) is 21.7. The van der Waals surface area contributed by atoms with E-state index in [1.807, 2.05) is 12.3 Å². The second-order valence-corrected chi connectivity index (χ2v) is 9.43. The van der Waals surface area contributed by atoms with Crippen molar-refractivity contribution in [2.75, 3.05) is 0 Å². The van der Waals surface area contributed by atoms with Crippen LogP contribution in [0, 0.1) is 5.92 Å². The number of fused-ring (bicyclic) bond motifs is 4. The molecule has 2 nitrogen and oxygen atoms in total. The van der Waals surface area contributed by atoms with Gasteiger partial charge in [-0.15, -0.1) is 0 Å². The molecule has 3 aromatic carbocycles. The molecule has 0 bridgehead atoms. The smallest absolute Gasteiger partial charge is 0.144 e. The van der Waals surface area contributed by atoms with Crippen LogP contribution in [0.1, 0.15) is 44.2 Å². The molecule has 1 aliphatic rings. The van der Waals surface area contributed by atoms with Crippen LogP contribution in [-0.4, -0.2) is 4.98 Å². The fraction of sp³-hybridized carbons (Fsp3) is 0.233. The molecule has 2 heteroatoms. The topological polar surface area (TPSA) is 26.0 Å². The largest absolute Gasteiger partial charge is 0.455 e. The van der Waals surface area contributed by atoms with Gasteiger partial charge in [0.1, 0.15) is 11.2 Å². The van der Waals surface area contributed by atoms with Crippen molar-refractivity contribution < 1.29 is 4.42 Å². The number of benzene rings is 3. The van der Waals surface area contributed by atoms with Crippen molar-refractivity contribution in [3.05, 3.63) is 84.1 Å². The van der Waals surface area contributed by atoms with Crippen LogP contribution in [0.25, 0.3) is 49.5 Å². The molecular weight excluding hydrogens is 390 g/mol. The number of para-hydroxylation sites is 1. The molecule has 2 aromatic heterocycles. The third-order valence-corrected chi connectivity index (χ3v) is 6.61. The number of rotatable bonds is 4. The van der Waals surface area contributed by atoms with Gasteiger partial charge in [-0.05, 0) is 84.0 Å². The first-order valence-electron chi connectivity index (χ1n) is 11.7. The summed E-state index contributed by atoms with van der Waals surface area (Å²) in [5.41, 5.74) is 8.11. The molecule has 0 fully saturated rings. The van der Waals surface area contributed by atoms with Gasteiger partial charge in [0.25, 0.3) is 0 Å². The Bertz CT molecular complexity index is 1500. The summed E-state index contributed by atoms with van der Waals surface area (Å²) >= 11 is 0. The van der Waals surface area contributed by atoms with E-state index in [1.54, 1.807) is 0 Å². The minimum atomic E-state index is 0.584. The lowest BCUT2D eigenvalue weighted by molar-refractivity contribution is 0.646. The van der Waals surface area contributed by atoms with Crippen molar-refractivity contribution >= 4 is 38.3 Å². The Kier molecular flexibility index (Phi) is 4.61. The van der Waals surface area contributed by atoms with Crippen molar-refractivity contribution in [3.63, 3.8) is 0 Å². The van der Waals surface area contributed by atoms with Gasteiger partial charge in [0.2, 0.25) is 0 Å². The molecule has 0 radical (unpaired) electrons. The molecule has 0 atom stereocenters. The molecule has 6 rings (SSSR count). The lowest BCUT2D eigenvalue weighted by atomic mass is 9.94. The highest BCUT2D eigenvalue weighted by atomic mass is 16.3. The standard InChI is InChI=1S/C30H27NO/c1-19(2)15-20-16-26-25-9-5-6-10-28(25)32-30(26)27(17-20)29-24-12-11-22(21-7-3-4-8-21)18-23(24)13-14-31-29/h5-7,9-14,16-19H,3-4,8,15H2,1-2H3. The SMILES string of the molecule is CC(C)Cc1cc(-c2nccc3cc(C4=CCCC4)ccc23)c2oc3ccccc3c2c1. The number of nitrogens with zero attached hydrogens (tertiary/aromatic N) is 1. The molecule has 5 aromatic rings. The number of furan rings is 1. The lowest BCUT2D eigenvalue weighted by Crippen LogP contribution is -1.96. The van der Waals surface area contributed by atoms with Crippen molar-refractivity contribution in [1.82, 2.24) is 4.98 Å². The lowest BCUT2D eigenvalue weighted by Gasteiger charge is -2.12. The molecule has 1 aliphatic carbocycles. The second-order valence-electron chi connectivity index (χ2n) is 9.43. The van der Waals surface area contributed by atoms with E-state index in [4.69, 9.17) is 9.40 Å². The van der Waals surface area contributed by atoms with Crippen molar-refractivity contribution in [1.29, 1.82) is 0 Å². The first kappa shape index (κ1) is 19.3. The zero-order valence-corrected chi connectivity index (χ0v) is 18.7. The average molecular weight is 418 g/mol. The first-order valence-corrected chi connectivity index (χ1v) is 11.7. The van der Waals surface area contributed by atoms with Gasteiger partial charge >= 0.3 is 0 Å². The number of allylic oxidation sites excluding steroid dienone is 2. The zero-order valence-electron chi connectivity index (χ0n) is 18.7. The van der Waals surface area contributed by atoms with Crippen LogP contribution in [0.3, 0.4) is 0 Å². The fourth-order valence-corrected chi connectivity index (χ4v) is 5.18. The van der Waals surface area contributed by atoms with Gasteiger partial charge in [-0.25, -0.2) is 0 Å². The molecule has 0 N–H and O–H groups in total. The Morgan fingerprint density at radius 2 is 1.84 bits per heavy atom. The van der Waals surface area contributed by atoms with Gasteiger partial charge in [-0.1, -0.05) is 50.3 Å². The predicted octanol–water partition coefficient (Wildman–Crippen LogP) is 8.57. The predicted molar refractivity (Wildman–Crippen MR) is 135 cm³/mol. The summed E-state index contributed by atoms with van der Waals surface area (Å²) in [5.74, 6) is 0.584. The van der Waals surface area contributed by atoms with Crippen molar-refractivity contribution in [2.24, 2.45) is 5.92 Å². The highest BCUT2D eigenvalue weighted by Crippen LogP contribution is 2.39. The van der Waals surface area contributed by atoms with Gasteiger partial charge in [0.15, 0.2) is 0 Å². The highest BCUT2D eigenvalue weighted by molar-refractivity contribution is 6.12. The summed E-state index contributed by atoms with van der Waals surface area (Å²) in [6.45, 7) is 4.54. The van der Waals surface area contributed by atoms with Gasteiger partial charge in [-0.3, -0.25) is 4.98 Å². The van der Waals surface area contributed by atoms with E-state index in [0.29, 0.717) is 5.92 Å². The van der Waals surface area contributed by atoms with Gasteiger partial charge in [0, 0.05) is 27.9 Å². The molecule has 0 amide bonds. The Morgan fingerprint density at radius 1 is 0.938 bits per heavy atom. The number of aromatic nitrogens is 1. The monoisotopic (exact) mass is 417 g/mol. The minimum Gasteiger partial charge on any atom is -0.455 e. The molecular formula is C30H27NO. The van der Waals surface area contributed by atoms with Crippen LogP contribution < -0.4 is 0 Å². The maximum absolute atomic E-state index is 6.40. The van der Waals surface area contributed by atoms with E-state index in [0.717, 1.165) is 28.8 Å². The third kappa shape index (κ3) is 3.22.